The molecule has 4 heteroatoms. The fraction of sp³-hybridized carbons (Fsp3) is 0.933. The Balaban J connectivity index is 1.43. The van der Waals surface area contributed by atoms with E-state index in [1.54, 1.807) is 0 Å². The maximum Gasteiger partial charge on any atom is 0.225 e. The maximum absolute atomic E-state index is 12.0. The summed E-state index contributed by atoms with van der Waals surface area (Å²) in [5.74, 6) is 0.633. The summed E-state index contributed by atoms with van der Waals surface area (Å²) in [5.41, 5.74) is -0.594. The third-order valence-corrected chi connectivity index (χ3v) is 5.01. The minimum absolute atomic E-state index is 0.308. The van der Waals surface area contributed by atoms with Crippen LogP contribution in [0.3, 0.4) is 0 Å². The Hall–Kier alpha value is -0.610. The molecule has 3 fully saturated rings. The molecule has 4 nitrogen and oxygen atoms in total. The number of nitrogens with one attached hydrogen (secondary N) is 1. The molecule has 108 valence electrons. The topological polar surface area (TPSA) is 52.6 Å². The lowest BCUT2D eigenvalue weighted by Crippen LogP contribution is -2.52. The highest BCUT2D eigenvalue weighted by molar-refractivity contribution is 5.81. The normalized spacial score (nSPS) is 27.7. The van der Waals surface area contributed by atoms with Gasteiger partial charge in [0.25, 0.3) is 0 Å². The van der Waals surface area contributed by atoms with E-state index in [1.807, 2.05) is 4.90 Å². The maximum atomic E-state index is 12.0. The minimum Gasteiger partial charge on any atom is -0.388 e. The predicted octanol–water partition coefficient (Wildman–Crippen LogP) is 1.28. The van der Waals surface area contributed by atoms with Gasteiger partial charge in [-0.25, -0.2) is 0 Å². The molecule has 0 unspecified atom stereocenters. The second kappa shape index (κ2) is 5.41. The lowest BCUT2D eigenvalue weighted by atomic mass is 9.90. The molecule has 0 bridgehead atoms. The SMILES string of the molecule is O=C(C1CC1)N1CCC(O)(CNC2CCCC2)CC1. The predicted molar refractivity (Wildman–Crippen MR) is 73.7 cm³/mol. The Labute approximate surface area is 115 Å². The second-order valence-electron chi connectivity index (χ2n) is 6.69. The summed E-state index contributed by atoms with van der Waals surface area (Å²) in [5, 5.41) is 14.1. The van der Waals surface area contributed by atoms with E-state index < -0.39 is 5.60 Å². The minimum atomic E-state index is -0.594. The zero-order chi connectivity index (χ0) is 13.3. The third-order valence-electron chi connectivity index (χ3n) is 5.01. The van der Waals surface area contributed by atoms with E-state index >= 15 is 0 Å². The summed E-state index contributed by atoms with van der Waals surface area (Å²) in [6.07, 6.45) is 8.74. The average molecular weight is 266 g/mol. The standard InChI is InChI=1S/C15H26N2O2/c18-14(12-5-6-12)17-9-7-15(19,8-10-17)11-16-13-3-1-2-4-13/h12-13,16,19H,1-11H2. The first-order valence-electron chi connectivity index (χ1n) is 7.91. The molecule has 3 aliphatic rings. The van der Waals surface area contributed by atoms with Crippen LogP contribution in [0.4, 0.5) is 0 Å². The summed E-state index contributed by atoms with van der Waals surface area (Å²) in [6.45, 7) is 2.17. The van der Waals surface area contributed by atoms with Crippen LogP contribution in [0.2, 0.25) is 0 Å². The molecule has 0 aromatic heterocycles. The molecule has 1 heterocycles. The van der Waals surface area contributed by atoms with Crippen LogP contribution in [0.25, 0.3) is 0 Å². The molecule has 0 atom stereocenters. The van der Waals surface area contributed by atoms with Crippen molar-refractivity contribution < 1.29 is 9.90 Å². The Morgan fingerprint density at radius 3 is 2.37 bits per heavy atom. The van der Waals surface area contributed by atoms with Gasteiger partial charge in [0.1, 0.15) is 0 Å². The van der Waals surface area contributed by atoms with Crippen LogP contribution in [0.1, 0.15) is 51.4 Å². The quantitative estimate of drug-likeness (QED) is 0.806. The summed E-state index contributed by atoms with van der Waals surface area (Å²) in [6, 6.07) is 0.607. The van der Waals surface area contributed by atoms with Gasteiger partial charge in [0, 0.05) is 31.6 Å². The zero-order valence-corrected chi connectivity index (χ0v) is 11.7. The van der Waals surface area contributed by atoms with Gasteiger partial charge >= 0.3 is 0 Å². The van der Waals surface area contributed by atoms with Gasteiger partial charge in [-0.15, -0.1) is 0 Å². The molecule has 0 spiro atoms. The van der Waals surface area contributed by atoms with E-state index in [0.29, 0.717) is 24.4 Å². The first kappa shape index (κ1) is 13.4. The van der Waals surface area contributed by atoms with Crippen molar-refractivity contribution in [1.82, 2.24) is 10.2 Å². The van der Waals surface area contributed by atoms with E-state index in [0.717, 1.165) is 38.8 Å². The largest absolute Gasteiger partial charge is 0.388 e. The van der Waals surface area contributed by atoms with Crippen LogP contribution >= 0.6 is 0 Å². The summed E-state index contributed by atoms with van der Waals surface area (Å²) >= 11 is 0. The van der Waals surface area contributed by atoms with Gasteiger partial charge in [-0.2, -0.15) is 0 Å². The van der Waals surface area contributed by atoms with Crippen molar-refractivity contribution in [2.75, 3.05) is 19.6 Å². The Morgan fingerprint density at radius 1 is 1.16 bits per heavy atom. The number of rotatable bonds is 4. The molecular formula is C15H26N2O2. The van der Waals surface area contributed by atoms with Crippen LogP contribution < -0.4 is 5.32 Å². The molecule has 1 saturated heterocycles. The Morgan fingerprint density at radius 2 is 1.79 bits per heavy atom. The van der Waals surface area contributed by atoms with Crippen LogP contribution in [-0.2, 0) is 4.79 Å². The molecule has 0 radical (unpaired) electrons. The van der Waals surface area contributed by atoms with Crippen LogP contribution in [0, 0.1) is 5.92 Å². The van der Waals surface area contributed by atoms with E-state index in [-0.39, 0.29) is 0 Å². The number of hydrogen-bond donors (Lipinski definition) is 2. The van der Waals surface area contributed by atoms with Crippen molar-refractivity contribution >= 4 is 5.91 Å². The molecular weight excluding hydrogens is 240 g/mol. The molecule has 2 aliphatic carbocycles. The lowest BCUT2D eigenvalue weighted by Gasteiger charge is -2.39. The fourth-order valence-electron chi connectivity index (χ4n) is 3.37. The summed E-state index contributed by atoms with van der Waals surface area (Å²) < 4.78 is 0. The second-order valence-corrected chi connectivity index (χ2v) is 6.69. The number of likely N-dealkylation sites (tertiary alicyclic amines) is 1. The molecule has 1 amide bonds. The number of aliphatic hydroxyl groups is 1. The molecule has 2 N–H and O–H groups in total. The monoisotopic (exact) mass is 266 g/mol. The number of amides is 1. The van der Waals surface area contributed by atoms with Gasteiger partial charge in [-0.3, -0.25) is 4.79 Å². The van der Waals surface area contributed by atoms with Crippen LogP contribution in [0.15, 0.2) is 0 Å². The summed E-state index contributed by atoms with van der Waals surface area (Å²) in [7, 11) is 0. The zero-order valence-electron chi connectivity index (χ0n) is 11.7. The van der Waals surface area contributed by atoms with Gasteiger partial charge in [0.15, 0.2) is 0 Å². The highest BCUT2D eigenvalue weighted by atomic mass is 16.3. The van der Waals surface area contributed by atoms with Gasteiger partial charge in [0.05, 0.1) is 5.60 Å². The molecule has 1 aliphatic heterocycles. The molecule has 19 heavy (non-hydrogen) atoms. The van der Waals surface area contributed by atoms with E-state index in [1.165, 1.54) is 25.7 Å². The lowest BCUT2D eigenvalue weighted by molar-refractivity contribution is -0.136. The average Bonchev–Trinajstić information content (AvgIpc) is 3.13. The molecule has 0 aromatic rings. The van der Waals surface area contributed by atoms with E-state index in [4.69, 9.17) is 0 Å². The van der Waals surface area contributed by atoms with Gasteiger partial charge in [-0.1, -0.05) is 12.8 Å². The third kappa shape index (κ3) is 3.29. The fourth-order valence-corrected chi connectivity index (χ4v) is 3.37. The van der Waals surface area contributed by atoms with E-state index in [2.05, 4.69) is 5.32 Å². The van der Waals surface area contributed by atoms with Crippen molar-refractivity contribution in [2.45, 2.75) is 63.0 Å². The highest BCUT2D eigenvalue weighted by Crippen LogP contribution is 2.33. The van der Waals surface area contributed by atoms with Crippen LogP contribution in [0.5, 0.6) is 0 Å². The Bertz CT molecular complexity index is 327. The first-order chi connectivity index (χ1) is 9.16. The van der Waals surface area contributed by atoms with Crippen molar-refractivity contribution in [1.29, 1.82) is 0 Å². The van der Waals surface area contributed by atoms with Crippen LogP contribution in [-0.4, -0.2) is 47.2 Å². The van der Waals surface area contributed by atoms with E-state index in [9.17, 15) is 9.90 Å². The van der Waals surface area contributed by atoms with Gasteiger partial charge in [-0.05, 0) is 38.5 Å². The van der Waals surface area contributed by atoms with Gasteiger partial charge in [0.2, 0.25) is 5.91 Å². The molecule has 2 saturated carbocycles. The van der Waals surface area contributed by atoms with Crippen molar-refractivity contribution in [2.24, 2.45) is 5.92 Å². The van der Waals surface area contributed by atoms with Crippen molar-refractivity contribution in [3.8, 4) is 0 Å². The first-order valence-corrected chi connectivity index (χ1v) is 7.91. The van der Waals surface area contributed by atoms with Crippen molar-refractivity contribution in [3.63, 3.8) is 0 Å². The number of carbonyl (C=O) groups is 1. The Kier molecular flexibility index (Phi) is 3.81. The smallest absolute Gasteiger partial charge is 0.225 e. The molecule has 0 aromatic carbocycles. The number of hydrogen-bond acceptors (Lipinski definition) is 3. The molecule has 3 rings (SSSR count). The van der Waals surface area contributed by atoms with Gasteiger partial charge < -0.3 is 15.3 Å². The number of piperidine rings is 1. The van der Waals surface area contributed by atoms with Crippen molar-refractivity contribution in [3.05, 3.63) is 0 Å². The summed E-state index contributed by atoms with van der Waals surface area (Å²) in [4.78, 5) is 13.9. The number of nitrogens with zero attached hydrogens (tertiary/aromatic N) is 1. The number of carbonyl (C=O) groups excluding carboxylic acids is 1. The highest BCUT2D eigenvalue weighted by Gasteiger charge is 2.38.